The van der Waals surface area contributed by atoms with E-state index < -0.39 is 0 Å². The van der Waals surface area contributed by atoms with Crippen LogP contribution in [0.2, 0.25) is 0 Å². The standard InChI is InChI=1S/C27H35N2/c1-19(2)23-17-22(21-13-9-8-10-14-21)18-24(20(3)4)27(23)28-25-15-11-12-16-26(25)29(5,6)7/h8-20,28H,1-7H3/q+1. The van der Waals surface area contributed by atoms with Crippen LogP contribution in [0.1, 0.15) is 50.7 Å². The maximum absolute atomic E-state index is 3.84. The summed E-state index contributed by atoms with van der Waals surface area (Å²) in [5, 5.41) is 3.84. The van der Waals surface area contributed by atoms with Gasteiger partial charge in [0.25, 0.3) is 0 Å². The van der Waals surface area contributed by atoms with Crippen LogP contribution in [-0.2, 0) is 0 Å². The molecular weight excluding hydrogens is 352 g/mol. The molecule has 0 amide bonds. The number of nitrogens with one attached hydrogen (secondary N) is 1. The summed E-state index contributed by atoms with van der Waals surface area (Å²) in [5.74, 6) is 0.852. The molecule has 0 saturated heterocycles. The van der Waals surface area contributed by atoms with E-state index in [9.17, 15) is 0 Å². The lowest BCUT2D eigenvalue weighted by molar-refractivity contribution is 0.488. The Morgan fingerprint density at radius 3 is 1.69 bits per heavy atom. The van der Waals surface area contributed by atoms with Gasteiger partial charge in [0.2, 0.25) is 0 Å². The Morgan fingerprint density at radius 2 is 1.17 bits per heavy atom. The number of anilines is 2. The Labute approximate surface area is 176 Å². The monoisotopic (exact) mass is 387 g/mol. The third kappa shape index (κ3) is 4.71. The van der Waals surface area contributed by atoms with Crippen molar-refractivity contribution < 1.29 is 0 Å². The van der Waals surface area contributed by atoms with Gasteiger partial charge < -0.3 is 5.32 Å². The average molecular weight is 388 g/mol. The molecule has 3 aromatic rings. The van der Waals surface area contributed by atoms with Crippen molar-refractivity contribution in [3.05, 3.63) is 77.9 Å². The molecule has 0 bridgehead atoms. The van der Waals surface area contributed by atoms with Crippen molar-refractivity contribution in [1.29, 1.82) is 0 Å². The third-order valence-electron chi connectivity index (χ3n) is 5.44. The molecular formula is C27H35N2+. The summed E-state index contributed by atoms with van der Waals surface area (Å²) in [5.41, 5.74) is 9.02. The van der Waals surface area contributed by atoms with E-state index in [2.05, 4.69) is 121 Å². The maximum Gasteiger partial charge on any atom is 0.155 e. The Bertz CT molecular complexity index is 934. The Balaban J connectivity index is 2.19. The molecule has 0 radical (unpaired) electrons. The summed E-state index contributed by atoms with van der Waals surface area (Å²) < 4.78 is 0.777. The fraction of sp³-hybridized carbons (Fsp3) is 0.333. The second kappa shape index (κ2) is 8.42. The van der Waals surface area contributed by atoms with Gasteiger partial charge in [-0.25, -0.2) is 0 Å². The first-order chi connectivity index (χ1) is 13.7. The molecule has 2 heteroatoms. The normalized spacial score (nSPS) is 11.9. The average Bonchev–Trinajstić information content (AvgIpc) is 2.68. The molecule has 3 aromatic carbocycles. The number of benzene rings is 3. The molecule has 0 aromatic heterocycles. The van der Waals surface area contributed by atoms with E-state index in [1.54, 1.807) is 0 Å². The topological polar surface area (TPSA) is 12.0 Å². The van der Waals surface area contributed by atoms with Gasteiger partial charge in [0.1, 0.15) is 5.69 Å². The SMILES string of the molecule is CC(C)c1cc(-c2ccccc2)cc(C(C)C)c1Nc1ccccc1[N+](C)(C)C. The molecule has 29 heavy (non-hydrogen) atoms. The minimum Gasteiger partial charge on any atom is -0.350 e. The summed E-state index contributed by atoms with van der Waals surface area (Å²) >= 11 is 0. The van der Waals surface area contributed by atoms with E-state index in [0.717, 1.165) is 4.48 Å². The molecule has 0 fully saturated rings. The van der Waals surface area contributed by atoms with Gasteiger partial charge in [-0.15, -0.1) is 0 Å². The molecule has 0 heterocycles. The summed E-state index contributed by atoms with van der Waals surface area (Å²) in [6.45, 7) is 9.13. The van der Waals surface area contributed by atoms with Crippen LogP contribution in [0.25, 0.3) is 11.1 Å². The molecule has 0 saturated carbocycles. The van der Waals surface area contributed by atoms with Crippen molar-refractivity contribution >= 4 is 17.1 Å². The van der Waals surface area contributed by atoms with E-state index in [4.69, 9.17) is 0 Å². The first kappa shape index (κ1) is 21.1. The second-order valence-electron chi connectivity index (χ2n) is 9.36. The van der Waals surface area contributed by atoms with Gasteiger partial charge in [-0.05, 0) is 52.3 Å². The molecule has 0 aliphatic rings. The van der Waals surface area contributed by atoms with E-state index in [1.807, 2.05) is 0 Å². The highest BCUT2D eigenvalue weighted by atomic mass is 15.3. The van der Waals surface area contributed by atoms with Crippen LogP contribution in [0.15, 0.2) is 66.7 Å². The van der Waals surface area contributed by atoms with Gasteiger partial charge in [-0.3, -0.25) is 4.48 Å². The van der Waals surface area contributed by atoms with Gasteiger partial charge >= 0.3 is 0 Å². The number of hydrogen-bond acceptors (Lipinski definition) is 1. The largest absolute Gasteiger partial charge is 0.350 e. The van der Waals surface area contributed by atoms with Gasteiger partial charge in [-0.1, -0.05) is 70.2 Å². The molecule has 152 valence electrons. The van der Waals surface area contributed by atoms with Crippen molar-refractivity contribution in [3.63, 3.8) is 0 Å². The van der Waals surface area contributed by atoms with Gasteiger partial charge in [0, 0.05) is 11.8 Å². The molecule has 0 aliphatic carbocycles. The van der Waals surface area contributed by atoms with Crippen LogP contribution in [0.3, 0.4) is 0 Å². The Morgan fingerprint density at radius 1 is 0.655 bits per heavy atom. The van der Waals surface area contributed by atoms with Crippen molar-refractivity contribution in [1.82, 2.24) is 4.48 Å². The van der Waals surface area contributed by atoms with Crippen molar-refractivity contribution in [2.45, 2.75) is 39.5 Å². The van der Waals surface area contributed by atoms with Crippen molar-refractivity contribution in [2.75, 3.05) is 26.5 Å². The van der Waals surface area contributed by atoms with E-state index >= 15 is 0 Å². The van der Waals surface area contributed by atoms with E-state index in [1.165, 1.54) is 39.3 Å². The van der Waals surface area contributed by atoms with Gasteiger partial charge in [-0.2, -0.15) is 0 Å². The number of para-hydroxylation sites is 2. The van der Waals surface area contributed by atoms with Gasteiger partial charge in [0.15, 0.2) is 5.69 Å². The predicted molar refractivity (Wildman–Crippen MR) is 129 cm³/mol. The molecule has 3 rings (SSSR count). The van der Waals surface area contributed by atoms with Gasteiger partial charge in [0.05, 0.1) is 21.1 Å². The highest BCUT2D eigenvalue weighted by Crippen LogP contribution is 2.40. The zero-order chi connectivity index (χ0) is 21.2. The smallest absolute Gasteiger partial charge is 0.155 e. The number of hydrogen-bond donors (Lipinski definition) is 1. The minimum absolute atomic E-state index is 0.426. The summed E-state index contributed by atoms with van der Waals surface area (Å²) in [7, 11) is 6.64. The molecule has 1 N–H and O–H groups in total. The summed E-state index contributed by atoms with van der Waals surface area (Å²) in [6.07, 6.45) is 0. The lowest BCUT2D eigenvalue weighted by Crippen LogP contribution is -2.35. The summed E-state index contributed by atoms with van der Waals surface area (Å²) in [6, 6.07) is 24.1. The Kier molecular flexibility index (Phi) is 6.14. The maximum atomic E-state index is 3.84. The van der Waals surface area contributed by atoms with Crippen LogP contribution in [-0.4, -0.2) is 21.1 Å². The number of rotatable bonds is 6. The lowest BCUT2D eigenvalue weighted by Gasteiger charge is -2.28. The number of quaternary nitrogens is 1. The van der Waals surface area contributed by atoms with Crippen molar-refractivity contribution in [3.8, 4) is 11.1 Å². The second-order valence-corrected chi connectivity index (χ2v) is 9.36. The van der Waals surface area contributed by atoms with Crippen LogP contribution in [0.5, 0.6) is 0 Å². The lowest BCUT2D eigenvalue weighted by atomic mass is 9.88. The fourth-order valence-electron chi connectivity index (χ4n) is 3.84. The summed E-state index contributed by atoms with van der Waals surface area (Å²) in [4.78, 5) is 0. The van der Waals surface area contributed by atoms with Crippen LogP contribution < -0.4 is 9.80 Å². The van der Waals surface area contributed by atoms with Crippen molar-refractivity contribution in [2.24, 2.45) is 0 Å². The molecule has 0 aliphatic heterocycles. The van der Waals surface area contributed by atoms with Crippen LogP contribution >= 0.6 is 0 Å². The minimum atomic E-state index is 0.426. The van der Waals surface area contributed by atoms with E-state index in [0.29, 0.717) is 11.8 Å². The highest BCUT2D eigenvalue weighted by Gasteiger charge is 2.21. The third-order valence-corrected chi connectivity index (χ3v) is 5.44. The van der Waals surface area contributed by atoms with Crippen LogP contribution in [0.4, 0.5) is 17.1 Å². The first-order valence-electron chi connectivity index (χ1n) is 10.6. The first-order valence-corrected chi connectivity index (χ1v) is 10.6. The molecule has 0 atom stereocenters. The predicted octanol–water partition coefficient (Wildman–Crippen LogP) is 7.54. The zero-order valence-electron chi connectivity index (χ0n) is 19.0. The fourth-order valence-corrected chi connectivity index (χ4v) is 3.84. The molecule has 2 nitrogen and oxygen atoms in total. The molecule has 0 spiro atoms. The highest BCUT2D eigenvalue weighted by molar-refractivity contribution is 5.80. The number of nitrogens with zero attached hydrogens (tertiary/aromatic N) is 1. The quantitative estimate of drug-likeness (QED) is 0.431. The zero-order valence-corrected chi connectivity index (χ0v) is 19.0. The Hall–Kier alpha value is -2.58. The van der Waals surface area contributed by atoms with Crippen LogP contribution in [0, 0.1) is 0 Å². The molecule has 0 unspecified atom stereocenters. The van der Waals surface area contributed by atoms with E-state index in [-0.39, 0.29) is 0 Å².